The molecule has 1 aliphatic heterocycles. The highest BCUT2D eigenvalue weighted by Gasteiger charge is 2.20. The van der Waals surface area contributed by atoms with Crippen LogP contribution in [0, 0.1) is 5.82 Å². The minimum Gasteiger partial charge on any atom is -0.367 e. The standard InChI is InChI=1S/C21H21FN2OS/c22-17-6-2-3-7-18(17)24-13-11-23(12-14-24)10-9-19(25)21-15-16-5-1-4-8-20(16)26-21/h1-8,15H,9-14H2. The smallest absolute Gasteiger partial charge is 0.174 e. The quantitative estimate of drug-likeness (QED) is 0.622. The number of ketones is 1. The summed E-state index contributed by atoms with van der Waals surface area (Å²) < 4.78 is 15.1. The van der Waals surface area contributed by atoms with Gasteiger partial charge in [-0.15, -0.1) is 11.3 Å². The van der Waals surface area contributed by atoms with Crippen LogP contribution >= 0.6 is 11.3 Å². The van der Waals surface area contributed by atoms with Crippen LogP contribution in [-0.2, 0) is 0 Å². The molecule has 3 nitrogen and oxygen atoms in total. The Morgan fingerprint density at radius 2 is 1.73 bits per heavy atom. The van der Waals surface area contributed by atoms with Crippen LogP contribution in [0.1, 0.15) is 16.1 Å². The highest BCUT2D eigenvalue weighted by Crippen LogP contribution is 2.26. The van der Waals surface area contributed by atoms with Gasteiger partial charge in [0.15, 0.2) is 5.78 Å². The van der Waals surface area contributed by atoms with E-state index in [1.807, 2.05) is 36.4 Å². The molecule has 0 N–H and O–H groups in total. The molecule has 1 saturated heterocycles. The summed E-state index contributed by atoms with van der Waals surface area (Å²) in [6.45, 7) is 4.05. The molecule has 0 amide bonds. The number of Topliss-reactive ketones (excluding diaryl/α,β-unsaturated/α-hetero) is 1. The van der Waals surface area contributed by atoms with Gasteiger partial charge in [-0.1, -0.05) is 30.3 Å². The molecule has 2 heterocycles. The van der Waals surface area contributed by atoms with Crippen LogP contribution in [0.2, 0.25) is 0 Å². The summed E-state index contributed by atoms with van der Waals surface area (Å²) in [6, 6.07) is 17.0. The van der Waals surface area contributed by atoms with Gasteiger partial charge < -0.3 is 4.90 Å². The molecule has 0 aliphatic carbocycles. The Labute approximate surface area is 156 Å². The number of halogens is 1. The number of benzene rings is 2. The maximum atomic E-state index is 13.9. The summed E-state index contributed by atoms with van der Waals surface area (Å²) in [5.74, 6) is 0.0450. The van der Waals surface area contributed by atoms with Crippen molar-refractivity contribution in [1.82, 2.24) is 4.90 Å². The number of rotatable bonds is 5. The van der Waals surface area contributed by atoms with Crippen LogP contribution in [0.15, 0.2) is 54.6 Å². The minimum atomic E-state index is -0.166. The Bertz CT molecular complexity index is 882. The summed E-state index contributed by atoms with van der Waals surface area (Å²) in [6.07, 6.45) is 0.534. The van der Waals surface area contributed by atoms with Crippen molar-refractivity contribution >= 4 is 32.9 Å². The fourth-order valence-electron chi connectivity index (χ4n) is 3.42. The molecule has 0 bridgehead atoms. The number of hydrogen-bond acceptors (Lipinski definition) is 4. The van der Waals surface area contributed by atoms with Gasteiger partial charge in [-0.2, -0.15) is 0 Å². The third-order valence-electron chi connectivity index (χ3n) is 4.92. The van der Waals surface area contributed by atoms with Crippen molar-refractivity contribution in [1.29, 1.82) is 0 Å². The molecule has 1 aliphatic rings. The number of hydrogen-bond donors (Lipinski definition) is 0. The zero-order valence-electron chi connectivity index (χ0n) is 14.5. The number of anilines is 1. The zero-order valence-corrected chi connectivity index (χ0v) is 15.3. The van der Waals surface area contributed by atoms with Gasteiger partial charge in [0, 0.05) is 43.8 Å². The van der Waals surface area contributed by atoms with E-state index in [0.717, 1.165) is 47.7 Å². The third-order valence-corrected chi connectivity index (χ3v) is 6.08. The lowest BCUT2D eigenvalue weighted by Gasteiger charge is -2.36. The first-order chi connectivity index (χ1) is 12.7. The molecule has 5 heteroatoms. The number of carbonyl (C=O) groups is 1. The van der Waals surface area contributed by atoms with Crippen LogP contribution in [0.25, 0.3) is 10.1 Å². The lowest BCUT2D eigenvalue weighted by Crippen LogP contribution is -2.47. The van der Waals surface area contributed by atoms with Crippen LogP contribution < -0.4 is 4.90 Å². The number of thiophene rings is 1. The van der Waals surface area contributed by atoms with Crippen molar-refractivity contribution in [3.63, 3.8) is 0 Å². The first-order valence-corrected chi connectivity index (χ1v) is 9.76. The Morgan fingerprint density at radius 3 is 2.50 bits per heavy atom. The normalized spacial score (nSPS) is 15.5. The fourth-order valence-corrected chi connectivity index (χ4v) is 4.45. The molecule has 1 aromatic heterocycles. The highest BCUT2D eigenvalue weighted by molar-refractivity contribution is 7.20. The minimum absolute atomic E-state index is 0.166. The fraction of sp³-hybridized carbons (Fsp3) is 0.286. The van der Waals surface area contributed by atoms with Gasteiger partial charge in [0.2, 0.25) is 0 Å². The molecule has 26 heavy (non-hydrogen) atoms. The van der Waals surface area contributed by atoms with E-state index in [-0.39, 0.29) is 11.6 Å². The highest BCUT2D eigenvalue weighted by atomic mass is 32.1. The molecular formula is C21H21FN2OS. The monoisotopic (exact) mass is 368 g/mol. The molecule has 0 saturated carbocycles. The van der Waals surface area contributed by atoms with Gasteiger partial charge in [0.05, 0.1) is 10.6 Å². The molecule has 1 fully saturated rings. The Morgan fingerprint density at radius 1 is 1.00 bits per heavy atom. The van der Waals surface area contributed by atoms with Crippen LogP contribution in [-0.4, -0.2) is 43.4 Å². The molecular weight excluding hydrogens is 347 g/mol. The number of carbonyl (C=O) groups excluding carboxylic acids is 1. The Balaban J connectivity index is 1.31. The van der Waals surface area contributed by atoms with Crippen LogP contribution in [0.5, 0.6) is 0 Å². The first kappa shape index (κ1) is 17.2. The van der Waals surface area contributed by atoms with Gasteiger partial charge in [-0.3, -0.25) is 9.69 Å². The second kappa shape index (κ2) is 7.56. The van der Waals surface area contributed by atoms with Gasteiger partial charge in [0.1, 0.15) is 5.82 Å². The van der Waals surface area contributed by atoms with Crippen molar-refractivity contribution in [3.05, 3.63) is 65.3 Å². The molecule has 0 spiro atoms. The maximum Gasteiger partial charge on any atom is 0.174 e. The van der Waals surface area contributed by atoms with E-state index in [2.05, 4.69) is 15.9 Å². The lowest BCUT2D eigenvalue weighted by molar-refractivity contribution is 0.0966. The van der Waals surface area contributed by atoms with E-state index in [1.54, 1.807) is 17.4 Å². The molecule has 3 aromatic rings. The summed E-state index contributed by atoms with van der Waals surface area (Å²) in [5.41, 5.74) is 0.675. The van der Waals surface area contributed by atoms with E-state index in [1.165, 1.54) is 6.07 Å². The van der Waals surface area contributed by atoms with Crippen LogP contribution in [0.4, 0.5) is 10.1 Å². The number of nitrogens with zero attached hydrogens (tertiary/aromatic N) is 2. The lowest BCUT2D eigenvalue weighted by atomic mass is 10.2. The van der Waals surface area contributed by atoms with E-state index < -0.39 is 0 Å². The predicted octanol–water partition coefficient (Wildman–Crippen LogP) is 4.44. The van der Waals surface area contributed by atoms with E-state index in [4.69, 9.17) is 0 Å². The van der Waals surface area contributed by atoms with Crippen molar-refractivity contribution in [2.24, 2.45) is 0 Å². The van der Waals surface area contributed by atoms with Gasteiger partial charge in [-0.25, -0.2) is 4.39 Å². The number of piperazine rings is 1. The molecule has 0 atom stereocenters. The molecule has 134 valence electrons. The van der Waals surface area contributed by atoms with E-state index >= 15 is 0 Å². The second-order valence-electron chi connectivity index (χ2n) is 6.60. The number of para-hydroxylation sites is 1. The molecule has 0 radical (unpaired) electrons. The summed E-state index contributed by atoms with van der Waals surface area (Å²) in [4.78, 5) is 17.7. The Kier molecular flexibility index (Phi) is 5.00. The third kappa shape index (κ3) is 3.64. The van der Waals surface area contributed by atoms with Crippen molar-refractivity contribution < 1.29 is 9.18 Å². The maximum absolute atomic E-state index is 13.9. The van der Waals surface area contributed by atoms with Gasteiger partial charge in [0.25, 0.3) is 0 Å². The Hall–Kier alpha value is -2.24. The predicted molar refractivity (Wildman–Crippen MR) is 106 cm³/mol. The molecule has 2 aromatic carbocycles. The van der Waals surface area contributed by atoms with Crippen molar-refractivity contribution in [2.45, 2.75) is 6.42 Å². The topological polar surface area (TPSA) is 23.6 Å². The average Bonchev–Trinajstić information content (AvgIpc) is 3.11. The SMILES string of the molecule is O=C(CCN1CCN(c2ccccc2F)CC1)c1cc2ccccc2s1. The average molecular weight is 368 g/mol. The van der Waals surface area contributed by atoms with Crippen LogP contribution in [0.3, 0.4) is 0 Å². The summed E-state index contributed by atoms with van der Waals surface area (Å²) in [5, 5.41) is 1.14. The summed E-state index contributed by atoms with van der Waals surface area (Å²) in [7, 11) is 0. The van der Waals surface area contributed by atoms with Crippen molar-refractivity contribution in [3.8, 4) is 0 Å². The summed E-state index contributed by atoms with van der Waals surface area (Å²) >= 11 is 1.57. The largest absolute Gasteiger partial charge is 0.367 e. The molecule has 0 unspecified atom stereocenters. The first-order valence-electron chi connectivity index (χ1n) is 8.94. The van der Waals surface area contributed by atoms with E-state index in [9.17, 15) is 9.18 Å². The second-order valence-corrected chi connectivity index (χ2v) is 7.69. The number of fused-ring (bicyclic) bond motifs is 1. The van der Waals surface area contributed by atoms with Crippen molar-refractivity contribution in [2.75, 3.05) is 37.6 Å². The zero-order chi connectivity index (χ0) is 17.9. The van der Waals surface area contributed by atoms with E-state index in [0.29, 0.717) is 12.1 Å². The molecule has 4 rings (SSSR count). The van der Waals surface area contributed by atoms with Gasteiger partial charge >= 0.3 is 0 Å². The van der Waals surface area contributed by atoms with Gasteiger partial charge in [-0.05, 0) is 29.7 Å².